The third kappa shape index (κ3) is 27.3. The lowest BCUT2D eigenvalue weighted by Gasteiger charge is -2.33. The molecule has 0 amide bonds. The Morgan fingerprint density at radius 2 is 0.500 bits per heavy atom. The van der Waals surface area contributed by atoms with Crippen molar-refractivity contribution in [1.82, 2.24) is 9.80 Å². The van der Waals surface area contributed by atoms with Crippen molar-refractivity contribution in [3.8, 4) is 0 Å². The van der Waals surface area contributed by atoms with Crippen LogP contribution in [-0.4, -0.2) is 29.1 Å². The van der Waals surface area contributed by atoms with Gasteiger partial charge in [0.05, 0.1) is 0 Å². The summed E-state index contributed by atoms with van der Waals surface area (Å²) in [6, 6.07) is 0. The fourth-order valence-corrected chi connectivity index (χ4v) is 7.60. The molecule has 1 unspecified atom stereocenters. The molecule has 2 heteroatoms. The Kier molecular flexibility index (Phi) is 33.6. The molecular formula is C44H88N2. The molecule has 274 valence electrons. The number of hydrogen-bond acceptors (Lipinski definition) is 2. The van der Waals surface area contributed by atoms with Crippen LogP contribution in [0.2, 0.25) is 0 Å². The van der Waals surface area contributed by atoms with E-state index in [2.05, 4.69) is 43.0 Å². The van der Waals surface area contributed by atoms with Crippen molar-refractivity contribution in [3.05, 3.63) is 12.4 Å². The van der Waals surface area contributed by atoms with E-state index in [1.165, 1.54) is 244 Å². The quantitative estimate of drug-likeness (QED) is 0.0617. The van der Waals surface area contributed by atoms with E-state index in [4.69, 9.17) is 0 Å². The standard InChI is InChI=1S/C44H88N2/c1-4-7-10-13-15-17-19-21-23-24-26-28-30-32-34-36-39-44-45(40-37-12-9-6-3)42-43-46(44)41-38-35-33-31-29-27-25-22-20-18-16-14-11-8-5-2/h42-44H,4-41H2,1-3H3. The molecule has 1 heterocycles. The Hall–Kier alpha value is -0.660. The predicted octanol–water partition coefficient (Wildman–Crippen LogP) is 15.5. The van der Waals surface area contributed by atoms with Crippen LogP contribution >= 0.6 is 0 Å². The fourth-order valence-electron chi connectivity index (χ4n) is 7.60. The van der Waals surface area contributed by atoms with Gasteiger partial charge in [-0.05, 0) is 25.7 Å². The zero-order valence-electron chi connectivity index (χ0n) is 32.5. The van der Waals surface area contributed by atoms with E-state index in [9.17, 15) is 0 Å². The molecule has 0 aromatic carbocycles. The number of unbranched alkanes of at least 4 members (excludes halogenated alkanes) is 32. The number of hydrogen-bond donors (Lipinski definition) is 0. The summed E-state index contributed by atoms with van der Waals surface area (Å²) in [6.07, 6.45) is 57.4. The molecule has 0 bridgehead atoms. The molecule has 1 aliphatic heterocycles. The second-order valence-corrected chi connectivity index (χ2v) is 15.4. The zero-order chi connectivity index (χ0) is 33.0. The summed E-state index contributed by atoms with van der Waals surface area (Å²) in [6.45, 7) is 9.48. The van der Waals surface area contributed by atoms with Gasteiger partial charge >= 0.3 is 0 Å². The molecule has 0 aromatic heterocycles. The maximum Gasteiger partial charge on any atom is 0.101 e. The minimum atomic E-state index is 0.639. The molecule has 1 rings (SSSR count). The topological polar surface area (TPSA) is 6.48 Å². The van der Waals surface area contributed by atoms with Gasteiger partial charge in [0, 0.05) is 25.5 Å². The zero-order valence-corrected chi connectivity index (χ0v) is 32.5. The molecule has 46 heavy (non-hydrogen) atoms. The molecule has 1 atom stereocenters. The lowest BCUT2D eigenvalue weighted by Crippen LogP contribution is -2.39. The summed E-state index contributed by atoms with van der Waals surface area (Å²) in [5.74, 6) is 0. The van der Waals surface area contributed by atoms with Gasteiger partial charge < -0.3 is 9.80 Å². The van der Waals surface area contributed by atoms with Crippen LogP contribution in [0.25, 0.3) is 0 Å². The molecule has 0 saturated carbocycles. The van der Waals surface area contributed by atoms with Crippen molar-refractivity contribution in [3.63, 3.8) is 0 Å². The molecule has 0 radical (unpaired) electrons. The first-order chi connectivity index (χ1) is 22.8. The lowest BCUT2D eigenvalue weighted by atomic mass is 10.0. The second-order valence-electron chi connectivity index (χ2n) is 15.4. The monoisotopic (exact) mass is 645 g/mol. The van der Waals surface area contributed by atoms with Crippen LogP contribution in [0.1, 0.15) is 252 Å². The van der Waals surface area contributed by atoms with Crippen LogP contribution in [0.3, 0.4) is 0 Å². The van der Waals surface area contributed by atoms with E-state index >= 15 is 0 Å². The normalized spacial score (nSPS) is 14.7. The lowest BCUT2D eigenvalue weighted by molar-refractivity contribution is 0.135. The van der Waals surface area contributed by atoms with Crippen molar-refractivity contribution in [2.24, 2.45) is 0 Å². The second kappa shape index (κ2) is 35.6. The predicted molar refractivity (Wildman–Crippen MR) is 210 cm³/mol. The van der Waals surface area contributed by atoms with Crippen LogP contribution in [0.5, 0.6) is 0 Å². The smallest absolute Gasteiger partial charge is 0.101 e. The highest BCUT2D eigenvalue weighted by atomic mass is 15.4. The van der Waals surface area contributed by atoms with E-state index < -0.39 is 0 Å². The molecule has 0 saturated heterocycles. The minimum absolute atomic E-state index is 0.639. The molecular weight excluding hydrogens is 556 g/mol. The van der Waals surface area contributed by atoms with Crippen molar-refractivity contribution in [2.75, 3.05) is 13.1 Å². The summed E-state index contributed by atoms with van der Waals surface area (Å²) in [5, 5.41) is 0. The SMILES string of the molecule is CCCCCCCCCCCCCCCCCCC1N(CCCCCC)C=CN1CCCCCCCCCCCCCCCCC. The van der Waals surface area contributed by atoms with E-state index in [0.717, 1.165) is 0 Å². The van der Waals surface area contributed by atoms with Crippen LogP contribution in [0, 0.1) is 0 Å². The first-order valence-electron chi connectivity index (χ1n) is 22.0. The van der Waals surface area contributed by atoms with Crippen LogP contribution < -0.4 is 0 Å². The van der Waals surface area contributed by atoms with Gasteiger partial charge in [-0.2, -0.15) is 0 Å². The Bertz CT molecular complexity index is 601. The van der Waals surface area contributed by atoms with Crippen molar-refractivity contribution < 1.29 is 0 Å². The van der Waals surface area contributed by atoms with Crippen LogP contribution in [0.4, 0.5) is 0 Å². The van der Waals surface area contributed by atoms with Gasteiger partial charge in [-0.3, -0.25) is 0 Å². The molecule has 0 spiro atoms. The third-order valence-corrected chi connectivity index (χ3v) is 10.8. The van der Waals surface area contributed by atoms with E-state index in [0.29, 0.717) is 6.17 Å². The van der Waals surface area contributed by atoms with Gasteiger partial charge in [0.25, 0.3) is 0 Å². The summed E-state index contributed by atoms with van der Waals surface area (Å²) in [5.41, 5.74) is 0. The Labute approximate surface area is 292 Å². The molecule has 0 aromatic rings. The van der Waals surface area contributed by atoms with Gasteiger partial charge in [-0.1, -0.05) is 226 Å². The van der Waals surface area contributed by atoms with Crippen molar-refractivity contribution in [1.29, 1.82) is 0 Å². The Balaban J connectivity index is 2.07. The average Bonchev–Trinajstić information content (AvgIpc) is 3.45. The van der Waals surface area contributed by atoms with E-state index in [1.54, 1.807) is 0 Å². The maximum atomic E-state index is 2.72. The van der Waals surface area contributed by atoms with Crippen LogP contribution in [0.15, 0.2) is 12.4 Å². The molecule has 1 aliphatic rings. The van der Waals surface area contributed by atoms with Crippen LogP contribution in [-0.2, 0) is 0 Å². The van der Waals surface area contributed by atoms with Crippen molar-refractivity contribution in [2.45, 2.75) is 258 Å². The van der Waals surface area contributed by atoms with E-state index in [-0.39, 0.29) is 0 Å². The third-order valence-electron chi connectivity index (χ3n) is 10.8. The van der Waals surface area contributed by atoms with Gasteiger partial charge in [0.1, 0.15) is 6.17 Å². The summed E-state index contributed by atoms with van der Waals surface area (Å²) < 4.78 is 0. The fraction of sp³-hybridized carbons (Fsp3) is 0.955. The summed E-state index contributed by atoms with van der Waals surface area (Å²) in [7, 11) is 0. The van der Waals surface area contributed by atoms with Gasteiger partial charge in [-0.15, -0.1) is 0 Å². The number of nitrogens with zero attached hydrogens (tertiary/aromatic N) is 2. The average molecular weight is 645 g/mol. The van der Waals surface area contributed by atoms with E-state index in [1.807, 2.05) is 0 Å². The highest BCUT2D eigenvalue weighted by Gasteiger charge is 2.24. The van der Waals surface area contributed by atoms with Crippen molar-refractivity contribution >= 4 is 0 Å². The Morgan fingerprint density at radius 1 is 0.283 bits per heavy atom. The number of rotatable bonds is 38. The highest BCUT2D eigenvalue weighted by Crippen LogP contribution is 2.24. The summed E-state index contributed by atoms with van der Waals surface area (Å²) in [4.78, 5) is 5.42. The molecule has 0 fully saturated rings. The highest BCUT2D eigenvalue weighted by molar-refractivity contribution is 4.97. The van der Waals surface area contributed by atoms with Gasteiger partial charge in [0.2, 0.25) is 0 Å². The first-order valence-corrected chi connectivity index (χ1v) is 22.0. The minimum Gasteiger partial charge on any atom is -0.356 e. The Morgan fingerprint density at radius 3 is 0.783 bits per heavy atom. The molecule has 0 N–H and O–H groups in total. The molecule has 2 nitrogen and oxygen atoms in total. The maximum absolute atomic E-state index is 2.72. The molecule has 0 aliphatic carbocycles. The van der Waals surface area contributed by atoms with Gasteiger partial charge in [-0.25, -0.2) is 0 Å². The first kappa shape index (κ1) is 43.4. The largest absolute Gasteiger partial charge is 0.356 e. The van der Waals surface area contributed by atoms with Gasteiger partial charge in [0.15, 0.2) is 0 Å². The summed E-state index contributed by atoms with van der Waals surface area (Å²) >= 11 is 0.